The van der Waals surface area contributed by atoms with Crippen LogP contribution in [0.5, 0.6) is 0 Å². The minimum Gasteiger partial charge on any atom is -0.383 e. The highest BCUT2D eigenvalue weighted by Crippen LogP contribution is 2.32. The van der Waals surface area contributed by atoms with Gasteiger partial charge in [0.15, 0.2) is 0 Å². The van der Waals surface area contributed by atoms with Gasteiger partial charge >= 0.3 is 0 Å². The first-order valence-electron chi connectivity index (χ1n) is 6.68. The second-order valence-electron chi connectivity index (χ2n) is 5.49. The molecule has 0 saturated carbocycles. The lowest BCUT2D eigenvalue weighted by atomic mass is 9.89. The molecule has 4 nitrogen and oxygen atoms in total. The lowest BCUT2D eigenvalue weighted by Gasteiger charge is -2.29. The van der Waals surface area contributed by atoms with Crippen LogP contribution in [0.4, 0.5) is 0 Å². The van der Waals surface area contributed by atoms with E-state index in [1.165, 1.54) is 25.7 Å². The van der Waals surface area contributed by atoms with Crippen LogP contribution >= 0.6 is 0 Å². The van der Waals surface area contributed by atoms with E-state index >= 15 is 0 Å². The molecule has 0 spiro atoms. The fraction of sp³-hybridized carbons (Fsp3) is 0.923. The minimum absolute atomic E-state index is 0.272. The smallest absolute Gasteiger partial charge is 0.222 e. The van der Waals surface area contributed by atoms with E-state index < -0.39 is 0 Å². The summed E-state index contributed by atoms with van der Waals surface area (Å²) in [5, 5.41) is 3.61. The second kappa shape index (κ2) is 5.83. The number of amides is 1. The molecule has 0 aromatic rings. The van der Waals surface area contributed by atoms with Crippen LogP contribution in [0.25, 0.3) is 0 Å². The van der Waals surface area contributed by atoms with Gasteiger partial charge in [-0.05, 0) is 31.6 Å². The van der Waals surface area contributed by atoms with Crippen molar-refractivity contribution in [2.75, 3.05) is 27.3 Å². The summed E-state index contributed by atoms with van der Waals surface area (Å²) in [7, 11) is 3.54. The molecule has 17 heavy (non-hydrogen) atoms. The van der Waals surface area contributed by atoms with Gasteiger partial charge in [-0.1, -0.05) is 0 Å². The van der Waals surface area contributed by atoms with Gasteiger partial charge in [0.25, 0.3) is 0 Å². The van der Waals surface area contributed by atoms with Gasteiger partial charge < -0.3 is 15.0 Å². The summed E-state index contributed by atoms with van der Waals surface area (Å²) in [4.78, 5) is 13.8. The zero-order chi connectivity index (χ0) is 12.3. The SMILES string of the molecule is COCCN(C)C(=O)CC1CC2CCC(C1)N2. The van der Waals surface area contributed by atoms with E-state index in [1.54, 1.807) is 12.0 Å². The van der Waals surface area contributed by atoms with Gasteiger partial charge in [0, 0.05) is 39.2 Å². The summed E-state index contributed by atoms with van der Waals surface area (Å²) in [5.41, 5.74) is 0. The molecule has 2 unspecified atom stereocenters. The Kier molecular flexibility index (Phi) is 4.40. The van der Waals surface area contributed by atoms with Crippen LogP contribution in [-0.4, -0.2) is 50.2 Å². The number of piperidine rings is 1. The van der Waals surface area contributed by atoms with Gasteiger partial charge in [0.2, 0.25) is 5.91 Å². The Morgan fingerprint density at radius 1 is 1.35 bits per heavy atom. The summed E-state index contributed by atoms with van der Waals surface area (Å²) in [6.07, 6.45) is 5.68. The number of ether oxygens (including phenoxy) is 1. The molecule has 2 aliphatic rings. The molecule has 2 aliphatic heterocycles. The van der Waals surface area contributed by atoms with E-state index in [0.717, 1.165) is 6.42 Å². The Labute approximate surface area is 104 Å². The van der Waals surface area contributed by atoms with Crippen molar-refractivity contribution in [2.45, 2.75) is 44.2 Å². The van der Waals surface area contributed by atoms with Crippen molar-refractivity contribution in [1.29, 1.82) is 0 Å². The first-order chi connectivity index (χ1) is 8.19. The van der Waals surface area contributed by atoms with Gasteiger partial charge in [-0.15, -0.1) is 0 Å². The van der Waals surface area contributed by atoms with Gasteiger partial charge in [-0.25, -0.2) is 0 Å². The van der Waals surface area contributed by atoms with Crippen LogP contribution in [0.3, 0.4) is 0 Å². The van der Waals surface area contributed by atoms with Gasteiger partial charge in [-0.2, -0.15) is 0 Å². The number of likely N-dealkylation sites (N-methyl/N-ethyl adjacent to an activating group) is 1. The van der Waals surface area contributed by atoms with Gasteiger partial charge in [0.1, 0.15) is 0 Å². The highest BCUT2D eigenvalue weighted by molar-refractivity contribution is 5.76. The summed E-state index contributed by atoms with van der Waals surface area (Å²) in [6.45, 7) is 1.33. The molecule has 0 radical (unpaired) electrons. The van der Waals surface area contributed by atoms with E-state index in [1.807, 2.05) is 7.05 Å². The largest absolute Gasteiger partial charge is 0.383 e. The fourth-order valence-electron chi connectivity index (χ4n) is 3.10. The standard InChI is InChI=1S/C13H24N2O2/c1-15(5-6-17-2)13(16)9-10-7-11-3-4-12(8-10)14-11/h10-12,14H,3-9H2,1-2H3. The number of hydrogen-bond donors (Lipinski definition) is 1. The number of rotatable bonds is 5. The summed E-state index contributed by atoms with van der Waals surface area (Å²) in [5.74, 6) is 0.861. The molecule has 2 saturated heterocycles. The van der Waals surface area contributed by atoms with Gasteiger partial charge in [0.05, 0.1) is 6.61 Å². The van der Waals surface area contributed by atoms with Crippen molar-refractivity contribution in [3.63, 3.8) is 0 Å². The van der Waals surface area contributed by atoms with Crippen LogP contribution in [0.1, 0.15) is 32.1 Å². The van der Waals surface area contributed by atoms with E-state index in [-0.39, 0.29) is 5.91 Å². The quantitative estimate of drug-likeness (QED) is 0.780. The third-order valence-electron chi connectivity index (χ3n) is 4.09. The van der Waals surface area contributed by atoms with Crippen molar-refractivity contribution in [3.05, 3.63) is 0 Å². The number of nitrogens with one attached hydrogen (secondary N) is 1. The molecule has 2 fully saturated rings. The third kappa shape index (κ3) is 3.42. The summed E-state index contributed by atoms with van der Waals surface area (Å²) in [6, 6.07) is 1.35. The number of fused-ring (bicyclic) bond motifs is 2. The van der Waals surface area contributed by atoms with Crippen LogP contribution in [0.2, 0.25) is 0 Å². The normalized spacial score (nSPS) is 31.5. The van der Waals surface area contributed by atoms with Crippen LogP contribution < -0.4 is 5.32 Å². The molecule has 1 amide bonds. The molecule has 2 heterocycles. The zero-order valence-corrected chi connectivity index (χ0v) is 10.9. The molecular formula is C13H24N2O2. The monoisotopic (exact) mass is 240 g/mol. The maximum absolute atomic E-state index is 12.0. The van der Waals surface area contributed by atoms with E-state index in [9.17, 15) is 4.79 Å². The van der Waals surface area contributed by atoms with Crippen molar-refractivity contribution >= 4 is 5.91 Å². The predicted octanol–water partition coefficient (Wildman–Crippen LogP) is 1.01. The maximum atomic E-state index is 12.0. The Balaban J connectivity index is 1.74. The zero-order valence-electron chi connectivity index (χ0n) is 10.9. The first-order valence-corrected chi connectivity index (χ1v) is 6.68. The van der Waals surface area contributed by atoms with Crippen LogP contribution in [0, 0.1) is 5.92 Å². The average Bonchev–Trinajstić information content (AvgIpc) is 2.65. The van der Waals surface area contributed by atoms with E-state index in [4.69, 9.17) is 4.74 Å². The Bertz CT molecular complexity index is 258. The molecule has 0 aromatic heterocycles. The summed E-state index contributed by atoms with van der Waals surface area (Å²) < 4.78 is 4.99. The van der Waals surface area contributed by atoms with Crippen LogP contribution in [-0.2, 0) is 9.53 Å². The number of carbonyl (C=O) groups is 1. The van der Waals surface area contributed by atoms with Crippen LogP contribution in [0.15, 0.2) is 0 Å². The molecule has 2 rings (SSSR count). The number of methoxy groups -OCH3 is 1. The molecule has 98 valence electrons. The molecule has 2 bridgehead atoms. The molecular weight excluding hydrogens is 216 g/mol. The predicted molar refractivity (Wildman–Crippen MR) is 66.8 cm³/mol. The highest BCUT2D eigenvalue weighted by atomic mass is 16.5. The van der Waals surface area contributed by atoms with Gasteiger partial charge in [-0.3, -0.25) is 4.79 Å². The Morgan fingerprint density at radius 2 is 2.00 bits per heavy atom. The summed E-state index contributed by atoms with van der Waals surface area (Å²) >= 11 is 0. The Morgan fingerprint density at radius 3 is 2.59 bits per heavy atom. The van der Waals surface area contributed by atoms with Crippen molar-refractivity contribution < 1.29 is 9.53 Å². The van der Waals surface area contributed by atoms with Crippen molar-refractivity contribution in [3.8, 4) is 0 Å². The average molecular weight is 240 g/mol. The highest BCUT2D eigenvalue weighted by Gasteiger charge is 2.34. The maximum Gasteiger partial charge on any atom is 0.222 e. The van der Waals surface area contributed by atoms with E-state index in [0.29, 0.717) is 31.2 Å². The lowest BCUT2D eigenvalue weighted by molar-refractivity contribution is -0.131. The van der Waals surface area contributed by atoms with Crippen molar-refractivity contribution in [2.24, 2.45) is 5.92 Å². The fourth-order valence-corrected chi connectivity index (χ4v) is 3.10. The molecule has 4 heteroatoms. The molecule has 0 aromatic carbocycles. The topological polar surface area (TPSA) is 41.6 Å². The lowest BCUT2D eigenvalue weighted by Crippen LogP contribution is -2.40. The third-order valence-corrected chi connectivity index (χ3v) is 4.09. The van der Waals surface area contributed by atoms with E-state index in [2.05, 4.69) is 5.32 Å². The molecule has 2 atom stereocenters. The Hall–Kier alpha value is -0.610. The minimum atomic E-state index is 0.272. The number of nitrogens with zero attached hydrogens (tertiary/aromatic N) is 1. The number of carbonyl (C=O) groups excluding carboxylic acids is 1. The first kappa shape index (κ1) is 12.8. The number of hydrogen-bond acceptors (Lipinski definition) is 3. The second-order valence-corrected chi connectivity index (χ2v) is 5.49. The molecule has 0 aliphatic carbocycles. The van der Waals surface area contributed by atoms with Crippen molar-refractivity contribution in [1.82, 2.24) is 10.2 Å². The molecule has 1 N–H and O–H groups in total.